The highest BCUT2D eigenvalue weighted by Gasteiger charge is 2.12. The Kier molecular flexibility index (Phi) is 5.72. The van der Waals surface area contributed by atoms with Crippen molar-refractivity contribution in [2.75, 3.05) is 10.6 Å². The van der Waals surface area contributed by atoms with E-state index in [-0.39, 0.29) is 5.95 Å². The van der Waals surface area contributed by atoms with Crippen molar-refractivity contribution < 1.29 is 4.79 Å². The molecule has 2 N–H and O–H groups in total. The number of aromatic nitrogens is 2. The zero-order valence-electron chi connectivity index (χ0n) is 16.3. The summed E-state index contributed by atoms with van der Waals surface area (Å²) in [5, 5.41) is 5.89. The summed E-state index contributed by atoms with van der Waals surface area (Å²) in [5.74, 6) is 0.205. The Morgan fingerprint density at radius 3 is 2.03 bits per heavy atom. The van der Waals surface area contributed by atoms with Crippen molar-refractivity contribution in [3.8, 4) is 22.5 Å². The lowest BCUT2D eigenvalue weighted by Crippen LogP contribution is -2.21. The molecule has 1 aromatic heterocycles. The van der Waals surface area contributed by atoms with Gasteiger partial charge in [0.15, 0.2) is 0 Å². The molecular formula is C24H19ClN4O. The lowest BCUT2D eigenvalue weighted by Gasteiger charge is -2.11. The number of halogens is 1. The van der Waals surface area contributed by atoms with Gasteiger partial charge in [-0.2, -0.15) is 0 Å². The number of carbonyl (C=O) groups is 1. The number of anilines is 2. The van der Waals surface area contributed by atoms with Crippen LogP contribution < -0.4 is 10.6 Å². The molecule has 4 rings (SSSR count). The van der Waals surface area contributed by atoms with Crippen molar-refractivity contribution in [3.63, 3.8) is 0 Å². The van der Waals surface area contributed by atoms with Crippen molar-refractivity contribution in [2.45, 2.75) is 6.92 Å². The van der Waals surface area contributed by atoms with E-state index in [0.717, 1.165) is 22.4 Å². The predicted octanol–water partition coefficient (Wildman–Crippen LogP) is 6.42. The fourth-order valence-electron chi connectivity index (χ4n) is 2.95. The van der Waals surface area contributed by atoms with E-state index in [9.17, 15) is 4.79 Å². The van der Waals surface area contributed by atoms with Gasteiger partial charge >= 0.3 is 6.03 Å². The van der Waals surface area contributed by atoms with Gasteiger partial charge < -0.3 is 5.32 Å². The number of urea groups is 1. The standard InChI is InChI=1S/C24H19ClN4O/c1-16-11-13-18(14-12-16)22-15-21(17-7-3-2-4-8-17)26-23(27-22)29-24(30)28-20-10-6-5-9-19(20)25/h2-15H,1H3,(H2,26,27,28,29,30). The van der Waals surface area contributed by atoms with E-state index >= 15 is 0 Å². The maximum absolute atomic E-state index is 12.5. The van der Waals surface area contributed by atoms with E-state index in [1.807, 2.05) is 67.6 Å². The Labute approximate surface area is 179 Å². The largest absolute Gasteiger partial charge is 0.326 e. The van der Waals surface area contributed by atoms with Gasteiger partial charge in [-0.1, -0.05) is 83.9 Å². The lowest BCUT2D eigenvalue weighted by molar-refractivity contribution is 0.262. The van der Waals surface area contributed by atoms with Crippen LogP contribution in [0.4, 0.5) is 16.4 Å². The van der Waals surface area contributed by atoms with E-state index in [1.165, 1.54) is 0 Å². The minimum Gasteiger partial charge on any atom is -0.306 e. The molecule has 2 amide bonds. The van der Waals surface area contributed by atoms with Crippen LogP contribution in [0.1, 0.15) is 5.56 Å². The molecule has 6 heteroatoms. The average molecular weight is 415 g/mol. The molecule has 5 nitrogen and oxygen atoms in total. The number of nitrogens with one attached hydrogen (secondary N) is 2. The number of nitrogens with zero attached hydrogens (tertiary/aromatic N) is 2. The molecule has 0 unspecified atom stereocenters. The summed E-state index contributed by atoms with van der Waals surface area (Å²) in [6.45, 7) is 2.03. The molecule has 0 aliphatic carbocycles. The number of para-hydroxylation sites is 1. The van der Waals surface area contributed by atoms with Gasteiger partial charge in [0.2, 0.25) is 5.95 Å². The van der Waals surface area contributed by atoms with E-state index in [2.05, 4.69) is 20.6 Å². The second-order valence-corrected chi connectivity index (χ2v) is 7.16. The Morgan fingerprint density at radius 1 is 0.767 bits per heavy atom. The van der Waals surface area contributed by atoms with Crippen molar-refractivity contribution in [1.29, 1.82) is 0 Å². The topological polar surface area (TPSA) is 66.9 Å². The van der Waals surface area contributed by atoms with Crippen LogP contribution in [0.25, 0.3) is 22.5 Å². The smallest absolute Gasteiger partial charge is 0.306 e. The average Bonchev–Trinajstić information content (AvgIpc) is 2.76. The van der Waals surface area contributed by atoms with Crippen LogP contribution >= 0.6 is 11.6 Å². The number of amides is 2. The third-order valence-electron chi connectivity index (χ3n) is 4.49. The van der Waals surface area contributed by atoms with Gasteiger partial charge in [-0.05, 0) is 25.1 Å². The molecule has 0 saturated carbocycles. The predicted molar refractivity (Wildman–Crippen MR) is 122 cm³/mol. The number of benzene rings is 3. The minimum atomic E-state index is -0.469. The van der Waals surface area contributed by atoms with Gasteiger partial charge in [0.1, 0.15) is 0 Å². The number of carbonyl (C=O) groups excluding carboxylic acids is 1. The Hall–Kier alpha value is -3.70. The summed E-state index contributed by atoms with van der Waals surface area (Å²) < 4.78 is 0. The molecule has 0 aliphatic rings. The van der Waals surface area contributed by atoms with E-state index in [4.69, 9.17) is 11.6 Å². The Balaban J connectivity index is 1.67. The quantitative estimate of drug-likeness (QED) is 0.405. The van der Waals surface area contributed by atoms with Gasteiger partial charge in [0.05, 0.1) is 22.1 Å². The van der Waals surface area contributed by atoms with Crippen LogP contribution in [0.5, 0.6) is 0 Å². The van der Waals surface area contributed by atoms with Crippen molar-refractivity contribution >= 4 is 29.3 Å². The summed E-state index contributed by atoms with van der Waals surface area (Å²) in [6.07, 6.45) is 0. The molecule has 0 spiro atoms. The second kappa shape index (κ2) is 8.76. The fraction of sp³-hybridized carbons (Fsp3) is 0.0417. The van der Waals surface area contributed by atoms with Gasteiger partial charge in [-0.25, -0.2) is 14.8 Å². The molecule has 3 aromatic carbocycles. The molecule has 30 heavy (non-hydrogen) atoms. The first kappa shape index (κ1) is 19.6. The zero-order valence-corrected chi connectivity index (χ0v) is 17.0. The maximum Gasteiger partial charge on any atom is 0.326 e. The third-order valence-corrected chi connectivity index (χ3v) is 4.82. The number of hydrogen-bond donors (Lipinski definition) is 2. The summed E-state index contributed by atoms with van der Waals surface area (Å²) in [5.41, 5.74) is 4.98. The molecule has 0 bridgehead atoms. The summed E-state index contributed by atoms with van der Waals surface area (Å²) in [4.78, 5) is 21.6. The molecule has 0 fully saturated rings. The molecule has 0 atom stereocenters. The van der Waals surface area contributed by atoms with Gasteiger partial charge in [0, 0.05) is 11.1 Å². The first-order valence-corrected chi connectivity index (χ1v) is 9.80. The molecule has 0 saturated heterocycles. The van der Waals surface area contributed by atoms with E-state index < -0.39 is 6.03 Å². The summed E-state index contributed by atoms with van der Waals surface area (Å²) >= 11 is 6.12. The highest BCUT2D eigenvalue weighted by molar-refractivity contribution is 6.33. The first-order valence-electron chi connectivity index (χ1n) is 9.42. The number of rotatable bonds is 4. The van der Waals surface area contributed by atoms with Crippen LogP contribution in [0.15, 0.2) is 84.9 Å². The van der Waals surface area contributed by atoms with Gasteiger partial charge in [-0.15, -0.1) is 0 Å². The molecule has 0 aliphatic heterocycles. The van der Waals surface area contributed by atoms with Crippen LogP contribution in [-0.2, 0) is 0 Å². The third kappa shape index (κ3) is 4.64. The first-order chi connectivity index (χ1) is 14.6. The minimum absolute atomic E-state index is 0.205. The van der Waals surface area contributed by atoms with Crippen LogP contribution in [0.3, 0.4) is 0 Å². The van der Waals surface area contributed by atoms with Gasteiger partial charge in [-0.3, -0.25) is 5.32 Å². The van der Waals surface area contributed by atoms with Crippen LogP contribution in [0, 0.1) is 6.92 Å². The summed E-state index contributed by atoms with van der Waals surface area (Å²) in [7, 11) is 0. The number of hydrogen-bond acceptors (Lipinski definition) is 3. The molecule has 148 valence electrons. The monoisotopic (exact) mass is 414 g/mol. The van der Waals surface area contributed by atoms with Crippen molar-refractivity contribution in [2.24, 2.45) is 0 Å². The highest BCUT2D eigenvalue weighted by Crippen LogP contribution is 2.26. The zero-order chi connectivity index (χ0) is 20.9. The lowest BCUT2D eigenvalue weighted by atomic mass is 10.1. The SMILES string of the molecule is Cc1ccc(-c2cc(-c3ccccc3)nc(NC(=O)Nc3ccccc3Cl)n2)cc1. The molecule has 0 radical (unpaired) electrons. The molecular weight excluding hydrogens is 396 g/mol. The molecule has 4 aromatic rings. The fourth-order valence-corrected chi connectivity index (χ4v) is 3.13. The number of aryl methyl sites for hydroxylation is 1. The molecule has 1 heterocycles. The highest BCUT2D eigenvalue weighted by atomic mass is 35.5. The Bertz CT molecular complexity index is 1180. The maximum atomic E-state index is 12.5. The second-order valence-electron chi connectivity index (χ2n) is 6.75. The normalized spacial score (nSPS) is 10.5. The van der Waals surface area contributed by atoms with E-state index in [1.54, 1.807) is 24.3 Å². The van der Waals surface area contributed by atoms with Crippen LogP contribution in [-0.4, -0.2) is 16.0 Å². The van der Waals surface area contributed by atoms with E-state index in [0.29, 0.717) is 16.4 Å². The summed E-state index contributed by atoms with van der Waals surface area (Å²) in [6, 6.07) is 26.3. The van der Waals surface area contributed by atoms with Crippen LogP contribution in [0.2, 0.25) is 5.02 Å². The Morgan fingerprint density at radius 2 is 1.37 bits per heavy atom. The van der Waals surface area contributed by atoms with Crippen molar-refractivity contribution in [1.82, 2.24) is 9.97 Å². The van der Waals surface area contributed by atoms with Crippen molar-refractivity contribution in [3.05, 3.63) is 95.5 Å². The van der Waals surface area contributed by atoms with Gasteiger partial charge in [0.25, 0.3) is 0 Å².